The number of rotatable bonds is 6. The normalized spacial score (nSPS) is 16.1. The molecule has 1 unspecified atom stereocenters. The summed E-state index contributed by atoms with van der Waals surface area (Å²) in [7, 11) is 0. The fourth-order valence-electron chi connectivity index (χ4n) is 3.22. The molecule has 0 fully saturated rings. The van der Waals surface area contributed by atoms with Gasteiger partial charge in [-0.25, -0.2) is 18.8 Å². The second kappa shape index (κ2) is 9.74. The Morgan fingerprint density at radius 2 is 1.65 bits per heavy atom. The van der Waals surface area contributed by atoms with Crippen LogP contribution in [0.25, 0.3) is 0 Å². The standard InChI is InChI=1S/C22H20BrFN2O5/c1-3-30-20(27)17-18(15-7-5-6-8-16(15)24)25-22(29)26(19(17)21(28)31-4-2)14-11-9-13(23)10-12-14/h5-12,18H,3-4H2,1-2H3,(H,25,29). The molecular weight excluding hydrogens is 471 g/mol. The number of anilines is 1. The second-order valence-corrected chi connectivity index (χ2v) is 7.33. The first-order valence-corrected chi connectivity index (χ1v) is 10.4. The van der Waals surface area contributed by atoms with Crippen molar-refractivity contribution in [3.05, 3.63) is 75.7 Å². The summed E-state index contributed by atoms with van der Waals surface area (Å²) in [5.41, 5.74) is -0.193. The van der Waals surface area contributed by atoms with E-state index in [9.17, 15) is 18.8 Å². The van der Waals surface area contributed by atoms with Crippen LogP contribution in [0.1, 0.15) is 25.5 Å². The molecule has 1 N–H and O–H groups in total. The molecule has 0 saturated heterocycles. The summed E-state index contributed by atoms with van der Waals surface area (Å²) in [4.78, 5) is 40.1. The van der Waals surface area contributed by atoms with Gasteiger partial charge in [-0.1, -0.05) is 34.1 Å². The highest BCUT2D eigenvalue weighted by Gasteiger charge is 2.43. The van der Waals surface area contributed by atoms with E-state index >= 15 is 0 Å². The quantitative estimate of drug-likeness (QED) is 0.612. The van der Waals surface area contributed by atoms with Crippen LogP contribution < -0.4 is 10.2 Å². The predicted molar refractivity (Wildman–Crippen MR) is 115 cm³/mol. The molecule has 1 heterocycles. The van der Waals surface area contributed by atoms with Gasteiger partial charge in [0, 0.05) is 10.0 Å². The number of hydrogen-bond donors (Lipinski definition) is 1. The Balaban J connectivity index is 2.29. The second-order valence-electron chi connectivity index (χ2n) is 6.42. The lowest BCUT2D eigenvalue weighted by atomic mass is 9.93. The average molecular weight is 491 g/mol. The molecule has 0 bridgehead atoms. The summed E-state index contributed by atoms with van der Waals surface area (Å²) >= 11 is 3.32. The first kappa shape index (κ1) is 22.5. The predicted octanol–water partition coefficient (Wildman–Crippen LogP) is 4.24. The molecule has 0 aromatic heterocycles. The lowest BCUT2D eigenvalue weighted by Crippen LogP contribution is -2.51. The number of nitrogens with zero attached hydrogens (tertiary/aromatic N) is 1. The molecule has 162 valence electrons. The zero-order chi connectivity index (χ0) is 22.5. The van der Waals surface area contributed by atoms with Gasteiger partial charge in [0.1, 0.15) is 11.5 Å². The van der Waals surface area contributed by atoms with Crippen molar-refractivity contribution in [1.29, 1.82) is 0 Å². The first-order chi connectivity index (χ1) is 14.9. The Bertz CT molecular complexity index is 1040. The molecule has 2 amide bonds. The fourth-order valence-corrected chi connectivity index (χ4v) is 3.49. The van der Waals surface area contributed by atoms with E-state index in [0.29, 0.717) is 5.69 Å². The molecule has 1 aliphatic rings. The number of urea groups is 1. The smallest absolute Gasteiger partial charge is 0.356 e. The zero-order valence-electron chi connectivity index (χ0n) is 16.9. The van der Waals surface area contributed by atoms with Gasteiger partial charge < -0.3 is 14.8 Å². The molecule has 0 spiro atoms. The van der Waals surface area contributed by atoms with E-state index in [-0.39, 0.29) is 30.0 Å². The van der Waals surface area contributed by atoms with Crippen molar-refractivity contribution in [3.8, 4) is 0 Å². The molecule has 0 saturated carbocycles. The van der Waals surface area contributed by atoms with Crippen LogP contribution in [0.3, 0.4) is 0 Å². The highest BCUT2D eigenvalue weighted by atomic mass is 79.9. The first-order valence-electron chi connectivity index (χ1n) is 9.58. The highest BCUT2D eigenvalue weighted by molar-refractivity contribution is 9.10. The maximum atomic E-state index is 14.6. The monoisotopic (exact) mass is 490 g/mol. The van der Waals surface area contributed by atoms with Gasteiger partial charge in [0.05, 0.1) is 30.5 Å². The van der Waals surface area contributed by atoms with Gasteiger partial charge in [-0.05, 0) is 44.2 Å². The number of amides is 2. The van der Waals surface area contributed by atoms with E-state index in [1.807, 2.05) is 0 Å². The average Bonchev–Trinajstić information content (AvgIpc) is 2.74. The number of halogens is 2. The van der Waals surface area contributed by atoms with Gasteiger partial charge in [0.2, 0.25) is 0 Å². The van der Waals surface area contributed by atoms with Crippen LogP contribution in [0, 0.1) is 5.82 Å². The van der Waals surface area contributed by atoms with Crippen molar-refractivity contribution < 1.29 is 28.2 Å². The van der Waals surface area contributed by atoms with E-state index in [4.69, 9.17) is 9.47 Å². The van der Waals surface area contributed by atoms with Crippen molar-refractivity contribution in [2.45, 2.75) is 19.9 Å². The van der Waals surface area contributed by atoms with E-state index in [1.165, 1.54) is 18.2 Å². The van der Waals surface area contributed by atoms with Gasteiger partial charge in [-0.3, -0.25) is 4.90 Å². The number of nitrogens with one attached hydrogen (secondary N) is 1. The van der Waals surface area contributed by atoms with Crippen LogP contribution in [-0.2, 0) is 19.1 Å². The largest absolute Gasteiger partial charge is 0.463 e. The van der Waals surface area contributed by atoms with E-state index in [2.05, 4.69) is 21.2 Å². The molecule has 1 aliphatic heterocycles. The van der Waals surface area contributed by atoms with E-state index < -0.39 is 29.8 Å². The molecular formula is C22H20BrFN2O5. The van der Waals surface area contributed by atoms with Gasteiger partial charge in [0.15, 0.2) is 0 Å². The lowest BCUT2D eigenvalue weighted by Gasteiger charge is -2.35. The third-order valence-electron chi connectivity index (χ3n) is 4.50. The van der Waals surface area contributed by atoms with Crippen molar-refractivity contribution in [2.75, 3.05) is 18.1 Å². The van der Waals surface area contributed by atoms with Crippen LogP contribution in [0.15, 0.2) is 64.3 Å². The van der Waals surface area contributed by atoms with Crippen molar-refractivity contribution in [3.63, 3.8) is 0 Å². The SMILES string of the molecule is CCOC(=O)C1=C(C(=O)OCC)N(c2ccc(Br)cc2)C(=O)NC1c1ccccc1F. The molecule has 31 heavy (non-hydrogen) atoms. The molecule has 1 atom stereocenters. The summed E-state index contributed by atoms with van der Waals surface area (Å²) in [5.74, 6) is -2.40. The summed E-state index contributed by atoms with van der Waals surface area (Å²) in [6.45, 7) is 3.24. The summed E-state index contributed by atoms with van der Waals surface area (Å²) in [5, 5.41) is 2.62. The van der Waals surface area contributed by atoms with Crippen LogP contribution in [-0.4, -0.2) is 31.2 Å². The topological polar surface area (TPSA) is 84.9 Å². The van der Waals surface area contributed by atoms with Crippen LogP contribution in [0.2, 0.25) is 0 Å². The maximum absolute atomic E-state index is 14.6. The molecule has 0 radical (unpaired) electrons. The van der Waals surface area contributed by atoms with Gasteiger partial charge in [-0.2, -0.15) is 0 Å². The Morgan fingerprint density at radius 3 is 2.26 bits per heavy atom. The Hall–Kier alpha value is -3.20. The summed E-state index contributed by atoms with van der Waals surface area (Å²) < 4.78 is 25.7. The number of benzene rings is 2. The molecule has 9 heteroatoms. The minimum atomic E-state index is -1.24. The fraction of sp³-hybridized carbons (Fsp3) is 0.227. The number of carbonyl (C=O) groups is 3. The van der Waals surface area contributed by atoms with Crippen LogP contribution in [0.5, 0.6) is 0 Å². The minimum absolute atomic E-state index is 0.0125. The van der Waals surface area contributed by atoms with Gasteiger partial charge in [0.25, 0.3) is 0 Å². The Labute approximate surface area is 186 Å². The number of esters is 2. The molecule has 0 aliphatic carbocycles. The lowest BCUT2D eigenvalue weighted by molar-refractivity contribution is -0.142. The van der Waals surface area contributed by atoms with Gasteiger partial charge in [-0.15, -0.1) is 0 Å². The number of carbonyl (C=O) groups excluding carboxylic acids is 3. The maximum Gasteiger partial charge on any atom is 0.356 e. The third-order valence-corrected chi connectivity index (χ3v) is 5.03. The Morgan fingerprint density at radius 1 is 1.03 bits per heavy atom. The molecule has 2 aromatic rings. The molecule has 3 rings (SSSR count). The van der Waals surface area contributed by atoms with Crippen molar-refractivity contribution in [2.24, 2.45) is 0 Å². The van der Waals surface area contributed by atoms with Crippen molar-refractivity contribution in [1.82, 2.24) is 5.32 Å². The van der Waals surface area contributed by atoms with E-state index in [1.54, 1.807) is 44.2 Å². The summed E-state index contributed by atoms with van der Waals surface area (Å²) in [6.07, 6.45) is 0. The molecule has 2 aromatic carbocycles. The number of hydrogen-bond acceptors (Lipinski definition) is 5. The summed E-state index contributed by atoms with van der Waals surface area (Å²) in [6, 6.07) is 10.3. The van der Waals surface area contributed by atoms with Crippen LogP contribution >= 0.6 is 15.9 Å². The van der Waals surface area contributed by atoms with Crippen LogP contribution in [0.4, 0.5) is 14.9 Å². The highest BCUT2D eigenvalue weighted by Crippen LogP contribution is 2.36. The zero-order valence-corrected chi connectivity index (χ0v) is 18.4. The third kappa shape index (κ3) is 4.61. The van der Waals surface area contributed by atoms with Crippen molar-refractivity contribution >= 4 is 39.6 Å². The molecule has 7 nitrogen and oxygen atoms in total. The number of ether oxygens (including phenoxy) is 2. The van der Waals surface area contributed by atoms with Gasteiger partial charge >= 0.3 is 18.0 Å². The minimum Gasteiger partial charge on any atom is -0.463 e. The Kier molecular flexibility index (Phi) is 7.06. The van der Waals surface area contributed by atoms with E-state index in [0.717, 1.165) is 9.37 Å².